The molecule has 2 rings (SSSR count). The third-order valence-corrected chi connectivity index (χ3v) is 3.83. The van der Waals surface area contributed by atoms with Crippen molar-refractivity contribution in [2.24, 2.45) is 5.92 Å². The van der Waals surface area contributed by atoms with Crippen LogP contribution >= 0.6 is 0 Å². The molecular weight excluding hydrogens is 239 g/mol. The first kappa shape index (κ1) is 14.0. The quantitative estimate of drug-likeness (QED) is 0.825. The van der Waals surface area contributed by atoms with E-state index in [4.69, 9.17) is 5.26 Å². The molecule has 1 aliphatic rings. The summed E-state index contributed by atoms with van der Waals surface area (Å²) >= 11 is 0. The van der Waals surface area contributed by atoms with Gasteiger partial charge in [-0.05, 0) is 49.6 Å². The van der Waals surface area contributed by atoms with Gasteiger partial charge in [-0.1, -0.05) is 19.3 Å². The standard InChI is InChI=1S/C16H21FN2/c1-19(11-13-5-3-2-4-6-13)12-15-7-14(10-18)8-16(17)9-15/h7-9,13H,2-6,11-12H2,1H3. The number of benzene rings is 1. The summed E-state index contributed by atoms with van der Waals surface area (Å²) in [7, 11) is 2.07. The van der Waals surface area contributed by atoms with Gasteiger partial charge in [0.15, 0.2) is 0 Å². The van der Waals surface area contributed by atoms with Crippen LogP contribution in [0, 0.1) is 23.1 Å². The lowest BCUT2D eigenvalue weighted by Gasteiger charge is -2.27. The van der Waals surface area contributed by atoms with Crippen LogP contribution < -0.4 is 0 Å². The van der Waals surface area contributed by atoms with Crippen LogP contribution in [0.5, 0.6) is 0 Å². The Morgan fingerprint density at radius 1 is 1.26 bits per heavy atom. The Bertz CT molecular complexity index is 458. The first-order valence-corrected chi connectivity index (χ1v) is 7.05. The van der Waals surface area contributed by atoms with Gasteiger partial charge in [0.2, 0.25) is 0 Å². The summed E-state index contributed by atoms with van der Waals surface area (Å²) in [5.74, 6) is 0.461. The van der Waals surface area contributed by atoms with Crippen LogP contribution in [-0.4, -0.2) is 18.5 Å². The molecule has 1 saturated carbocycles. The number of nitriles is 1. The summed E-state index contributed by atoms with van der Waals surface area (Å²) in [6.45, 7) is 1.78. The first-order valence-electron chi connectivity index (χ1n) is 7.05. The molecule has 0 aliphatic heterocycles. The molecule has 0 bridgehead atoms. The van der Waals surface area contributed by atoms with E-state index in [0.717, 1.165) is 18.0 Å². The fourth-order valence-electron chi connectivity index (χ4n) is 2.99. The zero-order valence-electron chi connectivity index (χ0n) is 11.5. The van der Waals surface area contributed by atoms with E-state index in [2.05, 4.69) is 11.9 Å². The molecular formula is C16H21FN2. The van der Waals surface area contributed by atoms with Gasteiger partial charge in [-0.3, -0.25) is 0 Å². The van der Waals surface area contributed by atoms with Gasteiger partial charge in [-0.15, -0.1) is 0 Å². The van der Waals surface area contributed by atoms with Gasteiger partial charge in [0.1, 0.15) is 5.82 Å². The summed E-state index contributed by atoms with van der Waals surface area (Å²) in [5, 5.41) is 8.85. The number of hydrogen-bond acceptors (Lipinski definition) is 2. The number of halogens is 1. The number of hydrogen-bond donors (Lipinski definition) is 0. The Balaban J connectivity index is 1.92. The van der Waals surface area contributed by atoms with Crippen LogP contribution in [-0.2, 0) is 6.54 Å². The molecule has 1 fully saturated rings. The van der Waals surface area contributed by atoms with Crippen LogP contribution in [0.4, 0.5) is 4.39 Å². The minimum Gasteiger partial charge on any atom is -0.302 e. The predicted molar refractivity (Wildman–Crippen MR) is 74.0 cm³/mol. The summed E-state index contributed by atoms with van der Waals surface area (Å²) in [4.78, 5) is 2.24. The second-order valence-electron chi connectivity index (χ2n) is 5.66. The van der Waals surface area contributed by atoms with E-state index in [1.54, 1.807) is 6.07 Å². The maximum atomic E-state index is 13.4. The fourth-order valence-corrected chi connectivity index (χ4v) is 2.99. The van der Waals surface area contributed by atoms with E-state index >= 15 is 0 Å². The van der Waals surface area contributed by atoms with Crippen molar-refractivity contribution in [3.8, 4) is 6.07 Å². The van der Waals surface area contributed by atoms with Gasteiger partial charge >= 0.3 is 0 Å². The number of rotatable bonds is 4. The highest BCUT2D eigenvalue weighted by Gasteiger charge is 2.15. The highest BCUT2D eigenvalue weighted by Crippen LogP contribution is 2.24. The van der Waals surface area contributed by atoms with E-state index < -0.39 is 0 Å². The third-order valence-electron chi connectivity index (χ3n) is 3.83. The summed E-state index contributed by atoms with van der Waals surface area (Å²) < 4.78 is 13.4. The third kappa shape index (κ3) is 4.33. The smallest absolute Gasteiger partial charge is 0.124 e. The van der Waals surface area contributed by atoms with Gasteiger partial charge in [-0.2, -0.15) is 5.26 Å². The average Bonchev–Trinajstić information content (AvgIpc) is 2.38. The molecule has 0 unspecified atom stereocenters. The second kappa shape index (κ2) is 6.68. The molecule has 3 heteroatoms. The normalized spacial score (nSPS) is 16.5. The van der Waals surface area contributed by atoms with Gasteiger partial charge in [0, 0.05) is 13.1 Å². The molecule has 19 heavy (non-hydrogen) atoms. The van der Waals surface area contributed by atoms with Gasteiger partial charge in [-0.25, -0.2) is 4.39 Å². The van der Waals surface area contributed by atoms with E-state index in [9.17, 15) is 4.39 Å². The molecule has 1 aromatic carbocycles. The summed E-state index contributed by atoms with van der Waals surface area (Å²) in [5.41, 5.74) is 1.29. The maximum absolute atomic E-state index is 13.4. The molecule has 0 aromatic heterocycles. The minimum absolute atomic E-state index is 0.319. The second-order valence-corrected chi connectivity index (χ2v) is 5.66. The molecule has 0 amide bonds. The Morgan fingerprint density at radius 2 is 2.00 bits per heavy atom. The Morgan fingerprint density at radius 3 is 2.68 bits per heavy atom. The molecule has 1 aromatic rings. The Labute approximate surface area is 114 Å². The van der Waals surface area contributed by atoms with Crippen molar-refractivity contribution in [3.05, 3.63) is 35.1 Å². The summed E-state index contributed by atoms with van der Waals surface area (Å²) in [6, 6.07) is 6.59. The van der Waals surface area contributed by atoms with Crippen LogP contribution in [0.1, 0.15) is 43.2 Å². The molecule has 102 valence electrons. The van der Waals surface area contributed by atoms with Crippen molar-refractivity contribution in [1.82, 2.24) is 4.90 Å². The first-order chi connectivity index (χ1) is 9.17. The van der Waals surface area contributed by atoms with Gasteiger partial charge < -0.3 is 4.90 Å². The van der Waals surface area contributed by atoms with Crippen LogP contribution in [0.25, 0.3) is 0 Å². The van der Waals surface area contributed by atoms with E-state index in [-0.39, 0.29) is 5.82 Å². The molecule has 0 radical (unpaired) electrons. The van der Waals surface area contributed by atoms with E-state index in [0.29, 0.717) is 12.1 Å². The van der Waals surface area contributed by atoms with Crippen LogP contribution in [0.2, 0.25) is 0 Å². The highest BCUT2D eigenvalue weighted by atomic mass is 19.1. The molecule has 0 saturated heterocycles. The Kier molecular flexibility index (Phi) is 4.93. The summed E-state index contributed by atoms with van der Waals surface area (Å²) in [6.07, 6.45) is 6.69. The molecule has 0 heterocycles. The lowest BCUT2D eigenvalue weighted by Crippen LogP contribution is -2.26. The topological polar surface area (TPSA) is 27.0 Å². The van der Waals surface area contributed by atoms with Crippen LogP contribution in [0.15, 0.2) is 18.2 Å². The zero-order chi connectivity index (χ0) is 13.7. The van der Waals surface area contributed by atoms with Crippen molar-refractivity contribution >= 4 is 0 Å². The minimum atomic E-state index is -0.319. The molecule has 0 spiro atoms. The SMILES string of the molecule is CN(Cc1cc(F)cc(C#N)c1)CC1CCCCC1. The maximum Gasteiger partial charge on any atom is 0.124 e. The fraction of sp³-hybridized carbons (Fsp3) is 0.562. The van der Waals surface area contributed by atoms with E-state index in [1.165, 1.54) is 44.2 Å². The Hall–Kier alpha value is -1.40. The van der Waals surface area contributed by atoms with Crippen molar-refractivity contribution in [1.29, 1.82) is 5.26 Å². The zero-order valence-corrected chi connectivity index (χ0v) is 11.5. The largest absolute Gasteiger partial charge is 0.302 e. The van der Waals surface area contributed by atoms with Crippen molar-refractivity contribution in [3.63, 3.8) is 0 Å². The predicted octanol–water partition coefficient (Wildman–Crippen LogP) is 3.71. The lowest BCUT2D eigenvalue weighted by molar-refractivity contribution is 0.228. The molecule has 0 atom stereocenters. The monoisotopic (exact) mass is 260 g/mol. The van der Waals surface area contributed by atoms with Gasteiger partial charge in [0.25, 0.3) is 0 Å². The average molecular weight is 260 g/mol. The van der Waals surface area contributed by atoms with Crippen molar-refractivity contribution < 1.29 is 4.39 Å². The molecule has 0 N–H and O–H groups in total. The highest BCUT2D eigenvalue weighted by molar-refractivity contribution is 5.33. The molecule has 2 nitrogen and oxygen atoms in total. The number of nitrogens with zero attached hydrogens (tertiary/aromatic N) is 2. The van der Waals surface area contributed by atoms with Crippen molar-refractivity contribution in [2.45, 2.75) is 38.6 Å². The van der Waals surface area contributed by atoms with Crippen molar-refractivity contribution in [2.75, 3.05) is 13.6 Å². The van der Waals surface area contributed by atoms with Gasteiger partial charge in [0.05, 0.1) is 11.6 Å². The molecule has 1 aliphatic carbocycles. The van der Waals surface area contributed by atoms with Crippen LogP contribution in [0.3, 0.4) is 0 Å². The van der Waals surface area contributed by atoms with E-state index in [1.807, 2.05) is 6.07 Å². The lowest BCUT2D eigenvalue weighted by atomic mass is 9.89.